The number of nitriles is 1. The van der Waals surface area contributed by atoms with Crippen molar-refractivity contribution in [1.29, 1.82) is 5.26 Å². The Labute approximate surface area is 127 Å². The number of hydrogen-bond donors (Lipinski definition) is 1. The molecule has 0 saturated heterocycles. The smallest absolute Gasteiger partial charge is 0.450 e. The average molecular weight is 313 g/mol. The van der Waals surface area contributed by atoms with E-state index in [1.165, 1.54) is 13.0 Å². The van der Waals surface area contributed by atoms with Crippen LogP contribution in [0, 0.1) is 32.1 Å². The molecule has 0 fully saturated rings. The van der Waals surface area contributed by atoms with Crippen molar-refractivity contribution in [2.75, 3.05) is 6.61 Å². The maximum atomic E-state index is 13.0. The number of rotatable bonds is 4. The molecule has 1 aromatic rings. The Morgan fingerprint density at radius 1 is 1.27 bits per heavy atom. The lowest BCUT2D eigenvalue weighted by Crippen LogP contribution is -2.20. The molecule has 0 spiro atoms. The van der Waals surface area contributed by atoms with Crippen molar-refractivity contribution >= 4 is 0 Å². The summed E-state index contributed by atoms with van der Waals surface area (Å²) in [6.45, 7) is 6.34. The number of aliphatic hydroxyl groups is 1. The van der Waals surface area contributed by atoms with Crippen LogP contribution in [0.2, 0.25) is 0 Å². The summed E-state index contributed by atoms with van der Waals surface area (Å²) in [4.78, 5) is 0. The minimum Gasteiger partial charge on any atom is -0.488 e. The predicted molar refractivity (Wildman–Crippen MR) is 75.9 cm³/mol. The lowest BCUT2D eigenvalue weighted by Gasteiger charge is -2.20. The van der Waals surface area contributed by atoms with E-state index in [9.17, 15) is 18.3 Å². The second kappa shape index (κ2) is 6.84. The van der Waals surface area contributed by atoms with Crippen LogP contribution in [0.15, 0.2) is 23.5 Å². The Hall–Kier alpha value is -2.00. The van der Waals surface area contributed by atoms with Crippen LogP contribution in [0.1, 0.15) is 35.3 Å². The Morgan fingerprint density at radius 2 is 1.77 bits per heavy atom. The minimum atomic E-state index is -4.84. The molecule has 0 aliphatic carbocycles. The van der Waals surface area contributed by atoms with Crippen molar-refractivity contribution in [2.45, 2.75) is 40.0 Å². The second-order valence-corrected chi connectivity index (χ2v) is 5.00. The Kier molecular flexibility index (Phi) is 5.61. The summed E-state index contributed by atoms with van der Waals surface area (Å²) < 4.78 is 43.7. The van der Waals surface area contributed by atoms with Gasteiger partial charge in [0.25, 0.3) is 0 Å². The molecule has 0 radical (unpaired) electrons. The zero-order valence-corrected chi connectivity index (χ0v) is 12.9. The van der Waals surface area contributed by atoms with Gasteiger partial charge in [0.05, 0.1) is 6.61 Å². The number of alkyl halides is 3. The van der Waals surface area contributed by atoms with E-state index in [2.05, 4.69) is 4.74 Å². The van der Waals surface area contributed by atoms with Crippen molar-refractivity contribution in [3.05, 3.63) is 45.7 Å². The van der Waals surface area contributed by atoms with E-state index in [0.717, 1.165) is 5.56 Å². The Bertz CT molecular complexity index is 604. The molecule has 120 valence electrons. The van der Waals surface area contributed by atoms with Gasteiger partial charge in [-0.1, -0.05) is 17.7 Å². The van der Waals surface area contributed by atoms with E-state index in [1.54, 1.807) is 26.0 Å². The van der Waals surface area contributed by atoms with Gasteiger partial charge in [-0.2, -0.15) is 18.4 Å². The van der Waals surface area contributed by atoms with E-state index in [4.69, 9.17) is 5.26 Å². The molecule has 0 saturated carbocycles. The van der Waals surface area contributed by atoms with Gasteiger partial charge in [0, 0.05) is 0 Å². The van der Waals surface area contributed by atoms with Crippen LogP contribution in [0.25, 0.3) is 0 Å². The minimum absolute atomic E-state index is 0.251. The van der Waals surface area contributed by atoms with Crippen LogP contribution in [-0.2, 0) is 4.74 Å². The van der Waals surface area contributed by atoms with E-state index in [0.29, 0.717) is 16.7 Å². The summed E-state index contributed by atoms with van der Waals surface area (Å²) in [5.41, 5.74) is 1.63. The number of aryl methyl sites for hydroxylation is 3. The molecule has 3 nitrogen and oxygen atoms in total. The van der Waals surface area contributed by atoms with Crippen molar-refractivity contribution in [1.82, 2.24) is 0 Å². The monoisotopic (exact) mass is 313 g/mol. The average Bonchev–Trinajstić information content (AvgIpc) is 2.36. The molecule has 22 heavy (non-hydrogen) atoms. The summed E-state index contributed by atoms with van der Waals surface area (Å²) in [7, 11) is 0. The lowest BCUT2D eigenvalue weighted by molar-refractivity contribution is -0.132. The molecule has 0 bridgehead atoms. The zero-order valence-electron chi connectivity index (χ0n) is 12.9. The summed E-state index contributed by atoms with van der Waals surface area (Å²) in [5, 5.41) is 19.4. The number of nitrogens with zero attached hydrogens (tertiary/aromatic N) is 1. The zero-order chi connectivity index (χ0) is 17.1. The number of halogens is 3. The molecular weight excluding hydrogens is 295 g/mol. The third-order valence-electron chi connectivity index (χ3n) is 3.20. The molecule has 1 N–H and O–H groups in total. The Balaban J connectivity index is 3.52. The standard InChI is InChI=1S/C16H18F3NO2/c1-5-22-15(16(17,18)19)12(8-20)14(21)13-10(3)6-9(2)7-11(13)4/h6-7,14,21H,5H2,1-4H3/b15-12-. The van der Waals surface area contributed by atoms with Crippen molar-refractivity contribution in [2.24, 2.45) is 0 Å². The highest BCUT2D eigenvalue weighted by atomic mass is 19.4. The maximum Gasteiger partial charge on any atom is 0.450 e. The van der Waals surface area contributed by atoms with Gasteiger partial charge < -0.3 is 9.84 Å². The molecular formula is C16H18F3NO2. The first-order valence-electron chi connectivity index (χ1n) is 6.73. The summed E-state index contributed by atoms with van der Waals surface area (Å²) in [6.07, 6.45) is -6.53. The summed E-state index contributed by atoms with van der Waals surface area (Å²) >= 11 is 0. The first kappa shape index (κ1) is 18.1. The molecule has 0 aromatic heterocycles. The topological polar surface area (TPSA) is 53.2 Å². The second-order valence-electron chi connectivity index (χ2n) is 5.00. The lowest BCUT2D eigenvalue weighted by atomic mass is 9.91. The fourth-order valence-electron chi connectivity index (χ4n) is 2.46. The Morgan fingerprint density at radius 3 is 2.14 bits per heavy atom. The van der Waals surface area contributed by atoms with Gasteiger partial charge in [0.2, 0.25) is 5.76 Å². The number of benzene rings is 1. The molecule has 0 heterocycles. The highest BCUT2D eigenvalue weighted by Gasteiger charge is 2.41. The van der Waals surface area contributed by atoms with Gasteiger partial charge in [-0.25, -0.2) is 0 Å². The van der Waals surface area contributed by atoms with Crippen molar-refractivity contribution < 1.29 is 23.0 Å². The quantitative estimate of drug-likeness (QED) is 0.674. The summed E-state index contributed by atoms with van der Waals surface area (Å²) in [6, 6.07) is 4.93. The van der Waals surface area contributed by atoms with Gasteiger partial charge in [-0.05, 0) is 44.4 Å². The fraction of sp³-hybridized carbons (Fsp3) is 0.438. The molecule has 1 aromatic carbocycles. The van der Waals surface area contributed by atoms with E-state index < -0.39 is 23.6 Å². The van der Waals surface area contributed by atoms with Gasteiger partial charge in [-0.3, -0.25) is 0 Å². The molecule has 1 rings (SSSR count). The van der Waals surface area contributed by atoms with Crippen LogP contribution in [0.4, 0.5) is 13.2 Å². The molecule has 6 heteroatoms. The van der Waals surface area contributed by atoms with E-state index in [-0.39, 0.29) is 6.61 Å². The molecule has 0 amide bonds. The van der Waals surface area contributed by atoms with Crippen LogP contribution in [0.5, 0.6) is 0 Å². The predicted octanol–water partition coefficient (Wildman–Crippen LogP) is 4.02. The van der Waals surface area contributed by atoms with Crippen molar-refractivity contribution in [3.63, 3.8) is 0 Å². The first-order valence-corrected chi connectivity index (χ1v) is 6.73. The number of aliphatic hydroxyl groups excluding tert-OH is 1. The maximum absolute atomic E-state index is 13.0. The number of ether oxygens (including phenoxy) is 1. The SMILES string of the molecule is CCO/C(=C(/C#N)C(O)c1c(C)cc(C)cc1C)C(F)(F)F. The van der Waals surface area contributed by atoms with Crippen LogP contribution < -0.4 is 0 Å². The van der Waals surface area contributed by atoms with Gasteiger partial charge in [0.1, 0.15) is 17.7 Å². The first-order chi connectivity index (χ1) is 10.1. The van der Waals surface area contributed by atoms with Crippen LogP contribution in [0.3, 0.4) is 0 Å². The van der Waals surface area contributed by atoms with Crippen molar-refractivity contribution in [3.8, 4) is 6.07 Å². The normalized spacial score (nSPS) is 14.1. The fourth-order valence-corrected chi connectivity index (χ4v) is 2.46. The molecule has 1 unspecified atom stereocenters. The number of hydrogen-bond acceptors (Lipinski definition) is 3. The van der Waals surface area contributed by atoms with Crippen LogP contribution in [-0.4, -0.2) is 17.9 Å². The molecule has 0 aliphatic rings. The van der Waals surface area contributed by atoms with Gasteiger partial charge in [-0.15, -0.1) is 0 Å². The van der Waals surface area contributed by atoms with Gasteiger partial charge >= 0.3 is 6.18 Å². The van der Waals surface area contributed by atoms with E-state index in [1.807, 2.05) is 6.92 Å². The van der Waals surface area contributed by atoms with Crippen LogP contribution >= 0.6 is 0 Å². The highest BCUT2D eigenvalue weighted by molar-refractivity contribution is 5.46. The highest BCUT2D eigenvalue weighted by Crippen LogP contribution is 2.36. The third kappa shape index (κ3) is 3.80. The van der Waals surface area contributed by atoms with E-state index >= 15 is 0 Å². The third-order valence-corrected chi connectivity index (χ3v) is 3.20. The van der Waals surface area contributed by atoms with Gasteiger partial charge in [0.15, 0.2) is 0 Å². The number of allylic oxidation sites excluding steroid dienone is 1. The summed E-state index contributed by atoms with van der Waals surface area (Å²) in [5.74, 6) is -1.44. The largest absolute Gasteiger partial charge is 0.488 e. The molecule has 0 aliphatic heterocycles. The molecule has 1 atom stereocenters.